The summed E-state index contributed by atoms with van der Waals surface area (Å²) in [6, 6.07) is 5.72. The minimum absolute atomic E-state index is 0.0436. The van der Waals surface area contributed by atoms with Gasteiger partial charge in [0.05, 0.1) is 24.1 Å². The Balaban J connectivity index is 1.82. The van der Waals surface area contributed by atoms with Crippen LogP contribution in [0, 0.1) is 0 Å². The van der Waals surface area contributed by atoms with Crippen molar-refractivity contribution in [2.45, 2.75) is 33.2 Å². The van der Waals surface area contributed by atoms with Crippen LogP contribution in [0.3, 0.4) is 0 Å². The molecule has 5 nitrogen and oxygen atoms in total. The van der Waals surface area contributed by atoms with Gasteiger partial charge in [-0.25, -0.2) is 4.98 Å². The lowest BCUT2D eigenvalue weighted by Gasteiger charge is -2.12. The second kappa shape index (κ2) is 7.60. The summed E-state index contributed by atoms with van der Waals surface area (Å²) in [5.41, 5.74) is 1.96. The Hall–Kier alpha value is -2.31. The summed E-state index contributed by atoms with van der Waals surface area (Å²) in [6.07, 6.45) is 3.69. The van der Waals surface area contributed by atoms with E-state index in [2.05, 4.69) is 6.92 Å². The highest BCUT2D eigenvalue weighted by Gasteiger charge is 2.22. The molecule has 7 heteroatoms. The van der Waals surface area contributed by atoms with E-state index >= 15 is 0 Å². The SMILES string of the molecule is CCOc1cc(/C=C2\CCn3c2nc2sc(CC)cc2c3=O)cc(Cl)c1OC. The lowest BCUT2D eigenvalue weighted by atomic mass is 10.1. The van der Waals surface area contributed by atoms with Gasteiger partial charge in [-0.3, -0.25) is 9.36 Å². The topological polar surface area (TPSA) is 53.4 Å². The monoisotopic (exact) mass is 416 g/mol. The van der Waals surface area contributed by atoms with Crippen LogP contribution in [-0.4, -0.2) is 23.3 Å². The summed E-state index contributed by atoms with van der Waals surface area (Å²) >= 11 is 7.97. The van der Waals surface area contributed by atoms with Crippen molar-refractivity contribution in [1.82, 2.24) is 9.55 Å². The Morgan fingerprint density at radius 2 is 2.14 bits per heavy atom. The summed E-state index contributed by atoms with van der Waals surface area (Å²) in [4.78, 5) is 19.7. The van der Waals surface area contributed by atoms with Crippen LogP contribution in [0.1, 0.15) is 36.5 Å². The molecule has 0 aliphatic carbocycles. The molecule has 3 heterocycles. The molecule has 1 aliphatic rings. The van der Waals surface area contributed by atoms with Gasteiger partial charge in [-0.15, -0.1) is 11.3 Å². The number of hydrogen-bond acceptors (Lipinski definition) is 5. The first-order chi connectivity index (χ1) is 13.5. The van der Waals surface area contributed by atoms with Gasteiger partial charge in [-0.2, -0.15) is 0 Å². The molecule has 0 bridgehead atoms. The number of hydrogen-bond donors (Lipinski definition) is 0. The predicted octanol–water partition coefficient (Wildman–Crippen LogP) is 5.03. The number of methoxy groups -OCH3 is 1. The molecule has 146 valence electrons. The molecule has 0 spiro atoms. The van der Waals surface area contributed by atoms with E-state index in [-0.39, 0.29) is 5.56 Å². The van der Waals surface area contributed by atoms with Gasteiger partial charge in [0.15, 0.2) is 11.5 Å². The van der Waals surface area contributed by atoms with E-state index in [4.69, 9.17) is 26.1 Å². The number of fused-ring (bicyclic) bond motifs is 2. The minimum Gasteiger partial charge on any atom is -0.491 e. The van der Waals surface area contributed by atoms with E-state index < -0.39 is 0 Å². The van der Waals surface area contributed by atoms with Crippen LogP contribution in [-0.2, 0) is 13.0 Å². The molecule has 0 amide bonds. The molecule has 1 aliphatic heterocycles. The standard InChI is InChI=1S/C21H21ClN2O3S/c1-4-14-11-15-20(28-14)23-19-13(6-7-24(19)21(15)25)8-12-9-16(22)18(26-3)17(10-12)27-5-2/h8-11H,4-7H2,1-3H3/b13-8+. The second-order valence-corrected chi connectivity index (χ2v) is 8.09. The summed E-state index contributed by atoms with van der Waals surface area (Å²) in [5.74, 6) is 1.88. The number of allylic oxidation sites excluding steroid dienone is 1. The first-order valence-electron chi connectivity index (χ1n) is 9.30. The average Bonchev–Trinajstić information content (AvgIpc) is 3.27. The van der Waals surface area contributed by atoms with Crippen LogP contribution in [0.25, 0.3) is 21.9 Å². The number of halogens is 1. The van der Waals surface area contributed by atoms with Gasteiger partial charge in [0.2, 0.25) is 0 Å². The van der Waals surface area contributed by atoms with Crippen LogP contribution in [0.2, 0.25) is 5.02 Å². The third kappa shape index (κ3) is 3.20. The normalized spacial score (nSPS) is 14.6. The summed E-state index contributed by atoms with van der Waals surface area (Å²) in [6.45, 7) is 5.16. The lowest BCUT2D eigenvalue weighted by Crippen LogP contribution is -2.19. The molecule has 0 radical (unpaired) electrons. The summed E-state index contributed by atoms with van der Waals surface area (Å²) in [7, 11) is 1.57. The predicted molar refractivity (Wildman–Crippen MR) is 115 cm³/mol. The fraction of sp³-hybridized carbons (Fsp3) is 0.333. The van der Waals surface area contributed by atoms with Crippen LogP contribution in [0.15, 0.2) is 23.0 Å². The highest BCUT2D eigenvalue weighted by molar-refractivity contribution is 7.18. The maximum Gasteiger partial charge on any atom is 0.262 e. The van der Waals surface area contributed by atoms with Crippen molar-refractivity contribution in [3.8, 4) is 11.5 Å². The van der Waals surface area contributed by atoms with E-state index in [1.54, 1.807) is 23.0 Å². The maximum atomic E-state index is 12.9. The molecule has 2 aromatic heterocycles. The van der Waals surface area contributed by atoms with Gasteiger partial charge in [-0.05, 0) is 55.2 Å². The molecule has 0 atom stereocenters. The van der Waals surface area contributed by atoms with E-state index in [9.17, 15) is 4.79 Å². The molecule has 28 heavy (non-hydrogen) atoms. The number of thiophene rings is 1. The van der Waals surface area contributed by atoms with Gasteiger partial charge in [0, 0.05) is 11.4 Å². The number of benzene rings is 1. The second-order valence-electron chi connectivity index (χ2n) is 6.56. The lowest BCUT2D eigenvalue weighted by molar-refractivity contribution is 0.311. The van der Waals surface area contributed by atoms with Crippen LogP contribution < -0.4 is 15.0 Å². The third-order valence-electron chi connectivity index (χ3n) is 4.82. The zero-order valence-electron chi connectivity index (χ0n) is 16.0. The zero-order valence-corrected chi connectivity index (χ0v) is 17.6. The van der Waals surface area contributed by atoms with Crippen LogP contribution in [0.4, 0.5) is 0 Å². The highest BCUT2D eigenvalue weighted by Crippen LogP contribution is 2.38. The Kier molecular flexibility index (Phi) is 5.17. The van der Waals surface area contributed by atoms with Crippen molar-refractivity contribution < 1.29 is 9.47 Å². The number of ether oxygens (including phenoxy) is 2. The summed E-state index contributed by atoms with van der Waals surface area (Å²) < 4.78 is 12.8. The molecule has 4 rings (SSSR count). The van der Waals surface area contributed by atoms with Crippen LogP contribution in [0.5, 0.6) is 11.5 Å². The minimum atomic E-state index is 0.0436. The van der Waals surface area contributed by atoms with Crippen molar-refractivity contribution in [3.05, 3.63) is 49.8 Å². The fourth-order valence-electron chi connectivity index (χ4n) is 3.51. The average molecular weight is 417 g/mol. The number of rotatable bonds is 5. The van der Waals surface area contributed by atoms with E-state index in [0.29, 0.717) is 29.7 Å². The van der Waals surface area contributed by atoms with Gasteiger partial charge < -0.3 is 9.47 Å². The Morgan fingerprint density at radius 1 is 1.32 bits per heavy atom. The molecule has 0 fully saturated rings. The molecular weight excluding hydrogens is 396 g/mol. The largest absolute Gasteiger partial charge is 0.491 e. The van der Waals surface area contributed by atoms with E-state index in [1.165, 1.54) is 4.88 Å². The van der Waals surface area contributed by atoms with E-state index in [0.717, 1.165) is 40.0 Å². The Morgan fingerprint density at radius 3 is 2.86 bits per heavy atom. The smallest absolute Gasteiger partial charge is 0.262 e. The molecule has 1 aromatic carbocycles. The molecule has 0 saturated carbocycles. The quantitative estimate of drug-likeness (QED) is 0.585. The molecule has 0 saturated heterocycles. The first-order valence-corrected chi connectivity index (χ1v) is 10.5. The summed E-state index contributed by atoms with van der Waals surface area (Å²) in [5, 5.41) is 1.21. The van der Waals surface area contributed by atoms with Crippen molar-refractivity contribution in [1.29, 1.82) is 0 Å². The van der Waals surface area contributed by atoms with Gasteiger partial charge in [-0.1, -0.05) is 18.5 Å². The first kappa shape index (κ1) is 19.0. The third-order valence-corrected chi connectivity index (χ3v) is 6.27. The van der Waals surface area contributed by atoms with Gasteiger partial charge in [0.25, 0.3) is 5.56 Å². The van der Waals surface area contributed by atoms with Gasteiger partial charge >= 0.3 is 0 Å². The van der Waals surface area contributed by atoms with Crippen molar-refractivity contribution in [2.24, 2.45) is 0 Å². The molecular formula is C21H21ClN2O3S. The van der Waals surface area contributed by atoms with Gasteiger partial charge in [0.1, 0.15) is 10.7 Å². The number of aryl methyl sites for hydroxylation is 1. The van der Waals surface area contributed by atoms with Crippen molar-refractivity contribution in [3.63, 3.8) is 0 Å². The number of aromatic nitrogens is 2. The number of nitrogens with zero attached hydrogens (tertiary/aromatic N) is 2. The zero-order chi connectivity index (χ0) is 19.8. The molecule has 3 aromatic rings. The van der Waals surface area contributed by atoms with E-state index in [1.807, 2.05) is 31.2 Å². The Labute approximate surface area is 172 Å². The van der Waals surface area contributed by atoms with Crippen molar-refractivity contribution >= 4 is 44.8 Å². The van der Waals surface area contributed by atoms with Crippen LogP contribution >= 0.6 is 22.9 Å². The Bertz CT molecular complexity index is 1150. The molecule has 0 N–H and O–H groups in total. The highest BCUT2D eigenvalue weighted by atomic mass is 35.5. The molecule has 0 unspecified atom stereocenters. The maximum absolute atomic E-state index is 12.9. The fourth-order valence-corrected chi connectivity index (χ4v) is 4.76. The van der Waals surface area contributed by atoms with Crippen molar-refractivity contribution in [2.75, 3.05) is 13.7 Å².